The van der Waals surface area contributed by atoms with Gasteiger partial charge in [-0.15, -0.1) is 0 Å². The van der Waals surface area contributed by atoms with Crippen molar-refractivity contribution in [2.45, 2.75) is 104 Å². The molecule has 142 valence electrons. The van der Waals surface area contributed by atoms with Crippen LogP contribution in [0.1, 0.15) is 113 Å². The van der Waals surface area contributed by atoms with Crippen molar-refractivity contribution < 1.29 is 9.90 Å². The van der Waals surface area contributed by atoms with E-state index in [1.807, 2.05) is 12.1 Å². The van der Waals surface area contributed by atoms with Gasteiger partial charge in [0.15, 0.2) is 5.78 Å². The Bertz CT molecular complexity index is 479. The number of ketones is 1. The van der Waals surface area contributed by atoms with E-state index in [-0.39, 0.29) is 11.5 Å². The molecule has 0 saturated carbocycles. The van der Waals surface area contributed by atoms with Crippen LogP contribution < -0.4 is 0 Å². The molecule has 0 unspecified atom stereocenters. The zero-order chi connectivity index (χ0) is 18.3. The highest BCUT2D eigenvalue weighted by Crippen LogP contribution is 2.22. The number of Topliss-reactive ketones (excluding diaryl/α,β-unsaturated/α-hetero) is 1. The molecule has 0 heterocycles. The predicted octanol–water partition coefficient (Wildman–Crippen LogP) is 7.23. The summed E-state index contributed by atoms with van der Waals surface area (Å²) in [6.45, 7) is 4.44. The number of aryl methyl sites for hydroxylation is 1. The van der Waals surface area contributed by atoms with Crippen LogP contribution in [0.5, 0.6) is 5.75 Å². The molecular weight excluding hydrogens is 308 g/mol. The lowest BCUT2D eigenvalue weighted by Crippen LogP contribution is -2.01. The van der Waals surface area contributed by atoms with Gasteiger partial charge in [-0.1, -0.05) is 84.1 Å². The van der Waals surface area contributed by atoms with Gasteiger partial charge in [0.25, 0.3) is 0 Å². The van der Waals surface area contributed by atoms with Crippen molar-refractivity contribution in [3.8, 4) is 5.75 Å². The first-order chi connectivity index (χ1) is 12.2. The van der Waals surface area contributed by atoms with E-state index >= 15 is 0 Å². The summed E-state index contributed by atoms with van der Waals surface area (Å²) >= 11 is 0. The summed E-state index contributed by atoms with van der Waals surface area (Å²) < 4.78 is 0. The minimum absolute atomic E-state index is 0.0952. The van der Waals surface area contributed by atoms with Crippen LogP contribution >= 0.6 is 0 Å². The summed E-state index contributed by atoms with van der Waals surface area (Å²) in [5.41, 5.74) is 1.69. The Labute approximate surface area is 155 Å². The van der Waals surface area contributed by atoms with Crippen molar-refractivity contribution in [3.05, 3.63) is 29.3 Å². The zero-order valence-corrected chi connectivity index (χ0v) is 16.5. The first-order valence-corrected chi connectivity index (χ1v) is 10.5. The quantitative estimate of drug-likeness (QED) is 0.269. The lowest BCUT2D eigenvalue weighted by molar-refractivity contribution is 0.0976. The Hall–Kier alpha value is -1.31. The lowest BCUT2D eigenvalue weighted by Gasteiger charge is -2.07. The molecule has 0 aliphatic rings. The first kappa shape index (κ1) is 21.7. The third-order valence-corrected chi connectivity index (χ3v) is 4.94. The van der Waals surface area contributed by atoms with Gasteiger partial charge >= 0.3 is 0 Å². The molecule has 0 aliphatic carbocycles. The highest BCUT2D eigenvalue weighted by atomic mass is 16.3. The smallest absolute Gasteiger partial charge is 0.166 e. The Morgan fingerprint density at radius 2 is 1.36 bits per heavy atom. The fourth-order valence-electron chi connectivity index (χ4n) is 3.27. The highest BCUT2D eigenvalue weighted by molar-refractivity contribution is 5.98. The number of rotatable bonds is 15. The Morgan fingerprint density at radius 1 is 0.800 bits per heavy atom. The molecule has 0 amide bonds. The third-order valence-electron chi connectivity index (χ3n) is 4.94. The molecule has 2 nitrogen and oxygen atoms in total. The van der Waals surface area contributed by atoms with Gasteiger partial charge in [-0.05, 0) is 37.0 Å². The Morgan fingerprint density at radius 3 is 2.00 bits per heavy atom. The number of carbonyl (C=O) groups excluding carboxylic acids is 1. The van der Waals surface area contributed by atoms with E-state index in [0.717, 1.165) is 25.7 Å². The number of benzene rings is 1. The van der Waals surface area contributed by atoms with Crippen molar-refractivity contribution in [2.75, 3.05) is 0 Å². The van der Waals surface area contributed by atoms with Crippen molar-refractivity contribution in [3.63, 3.8) is 0 Å². The fourth-order valence-corrected chi connectivity index (χ4v) is 3.27. The molecule has 1 aromatic carbocycles. The van der Waals surface area contributed by atoms with Crippen LogP contribution in [-0.4, -0.2) is 10.9 Å². The number of phenols is 1. The Kier molecular flexibility index (Phi) is 12.1. The maximum atomic E-state index is 12.4. The van der Waals surface area contributed by atoms with E-state index in [0.29, 0.717) is 12.0 Å². The average Bonchev–Trinajstić information content (AvgIpc) is 2.61. The zero-order valence-electron chi connectivity index (χ0n) is 16.5. The molecule has 0 atom stereocenters. The molecule has 0 saturated heterocycles. The average molecular weight is 347 g/mol. The van der Waals surface area contributed by atoms with E-state index in [9.17, 15) is 9.90 Å². The van der Waals surface area contributed by atoms with Gasteiger partial charge < -0.3 is 5.11 Å². The SMILES string of the molecule is CCCCCCCCCCCC(=O)c1cc(CCCCC)ccc1O. The summed E-state index contributed by atoms with van der Waals surface area (Å²) in [6, 6.07) is 5.53. The minimum atomic E-state index is 0.0952. The monoisotopic (exact) mass is 346 g/mol. The topological polar surface area (TPSA) is 37.3 Å². The van der Waals surface area contributed by atoms with Gasteiger partial charge in [-0.2, -0.15) is 0 Å². The lowest BCUT2D eigenvalue weighted by atomic mass is 9.98. The summed E-state index contributed by atoms with van der Waals surface area (Å²) in [6.07, 6.45) is 16.4. The van der Waals surface area contributed by atoms with Crippen LogP contribution in [-0.2, 0) is 6.42 Å². The maximum absolute atomic E-state index is 12.4. The second kappa shape index (κ2) is 13.9. The molecule has 0 fully saturated rings. The number of hydrogen-bond acceptors (Lipinski definition) is 2. The normalized spacial score (nSPS) is 11.0. The van der Waals surface area contributed by atoms with Gasteiger partial charge in [0.1, 0.15) is 5.75 Å². The molecule has 1 aromatic rings. The van der Waals surface area contributed by atoms with Crippen LogP contribution in [0.25, 0.3) is 0 Å². The van der Waals surface area contributed by atoms with E-state index in [1.165, 1.54) is 63.4 Å². The molecule has 2 heteroatoms. The number of phenolic OH excluding ortho intramolecular Hbond substituents is 1. The van der Waals surface area contributed by atoms with Crippen molar-refractivity contribution in [1.82, 2.24) is 0 Å². The van der Waals surface area contributed by atoms with Gasteiger partial charge in [0.2, 0.25) is 0 Å². The highest BCUT2D eigenvalue weighted by Gasteiger charge is 2.11. The maximum Gasteiger partial charge on any atom is 0.166 e. The number of aromatic hydroxyl groups is 1. The predicted molar refractivity (Wildman–Crippen MR) is 108 cm³/mol. The summed E-state index contributed by atoms with van der Waals surface area (Å²) in [7, 11) is 0. The van der Waals surface area contributed by atoms with Crippen LogP contribution in [0.4, 0.5) is 0 Å². The molecule has 0 aliphatic heterocycles. The van der Waals surface area contributed by atoms with Gasteiger partial charge in [0.05, 0.1) is 5.56 Å². The van der Waals surface area contributed by atoms with E-state index in [1.54, 1.807) is 6.07 Å². The van der Waals surface area contributed by atoms with Crippen molar-refractivity contribution >= 4 is 5.78 Å². The van der Waals surface area contributed by atoms with Crippen LogP contribution in [0.2, 0.25) is 0 Å². The van der Waals surface area contributed by atoms with Crippen LogP contribution in [0.15, 0.2) is 18.2 Å². The summed E-state index contributed by atoms with van der Waals surface area (Å²) in [5.74, 6) is 0.234. The summed E-state index contributed by atoms with van der Waals surface area (Å²) in [5, 5.41) is 10.00. The van der Waals surface area contributed by atoms with E-state index in [4.69, 9.17) is 0 Å². The van der Waals surface area contributed by atoms with Crippen molar-refractivity contribution in [2.24, 2.45) is 0 Å². The van der Waals surface area contributed by atoms with Crippen molar-refractivity contribution in [1.29, 1.82) is 0 Å². The fraction of sp³-hybridized carbons (Fsp3) is 0.696. The summed E-state index contributed by atoms with van der Waals surface area (Å²) in [4.78, 5) is 12.4. The molecular formula is C23H38O2. The second-order valence-electron chi connectivity index (χ2n) is 7.31. The van der Waals surface area contributed by atoms with E-state index in [2.05, 4.69) is 13.8 Å². The molecule has 0 aromatic heterocycles. The Balaban J connectivity index is 2.26. The third kappa shape index (κ3) is 9.67. The number of carbonyl (C=O) groups is 1. The molecule has 0 radical (unpaired) electrons. The van der Waals surface area contributed by atoms with E-state index < -0.39 is 0 Å². The van der Waals surface area contributed by atoms with Gasteiger partial charge in [-0.3, -0.25) is 4.79 Å². The molecule has 0 bridgehead atoms. The number of hydrogen-bond donors (Lipinski definition) is 1. The number of unbranched alkanes of at least 4 members (excludes halogenated alkanes) is 10. The largest absolute Gasteiger partial charge is 0.507 e. The second-order valence-corrected chi connectivity index (χ2v) is 7.31. The van der Waals surface area contributed by atoms with Crippen LogP contribution in [0, 0.1) is 0 Å². The molecule has 1 N–H and O–H groups in total. The minimum Gasteiger partial charge on any atom is -0.507 e. The van der Waals surface area contributed by atoms with Crippen LogP contribution in [0.3, 0.4) is 0 Å². The molecule has 1 rings (SSSR count). The molecule has 0 spiro atoms. The molecule has 25 heavy (non-hydrogen) atoms. The first-order valence-electron chi connectivity index (χ1n) is 10.5. The standard InChI is InChI=1S/C23H38O2/c1-3-5-7-8-9-10-11-12-14-16-22(24)21-19-20(15-13-6-4-2)17-18-23(21)25/h17-19,25H,3-16H2,1-2H3. The van der Waals surface area contributed by atoms with Gasteiger partial charge in [0, 0.05) is 6.42 Å². The van der Waals surface area contributed by atoms with Gasteiger partial charge in [-0.25, -0.2) is 0 Å².